The average Bonchev–Trinajstić information content (AvgIpc) is 2.97. The van der Waals surface area contributed by atoms with E-state index in [0.29, 0.717) is 17.3 Å². The molecular formula is C15H18ClNO2S. The number of aliphatic hydroxyl groups excluding tert-OH is 1. The van der Waals surface area contributed by atoms with Gasteiger partial charge in [-0.3, -0.25) is 0 Å². The zero-order valence-electron chi connectivity index (χ0n) is 11.3. The molecule has 0 fully saturated rings. The number of nitrogens with one attached hydrogen (secondary N) is 1. The van der Waals surface area contributed by atoms with Crippen LogP contribution in [0.5, 0.6) is 5.75 Å². The van der Waals surface area contributed by atoms with Gasteiger partial charge < -0.3 is 15.2 Å². The third-order valence-electron chi connectivity index (χ3n) is 2.87. The highest BCUT2D eigenvalue weighted by atomic mass is 35.5. The highest BCUT2D eigenvalue weighted by Gasteiger charge is 2.10. The Balaban J connectivity index is 1.71. The summed E-state index contributed by atoms with van der Waals surface area (Å²) in [6, 6.07) is 11.5. The molecule has 20 heavy (non-hydrogen) atoms. The molecular weight excluding hydrogens is 294 g/mol. The van der Waals surface area contributed by atoms with E-state index in [1.54, 1.807) is 23.5 Å². The van der Waals surface area contributed by atoms with Gasteiger partial charge in [-0.15, -0.1) is 11.3 Å². The number of thiophene rings is 1. The van der Waals surface area contributed by atoms with Gasteiger partial charge in [0.1, 0.15) is 18.5 Å². The van der Waals surface area contributed by atoms with Gasteiger partial charge >= 0.3 is 0 Å². The lowest BCUT2D eigenvalue weighted by Crippen LogP contribution is -2.32. The lowest BCUT2D eigenvalue weighted by molar-refractivity contribution is 0.104. The summed E-state index contributed by atoms with van der Waals surface area (Å²) >= 11 is 7.57. The van der Waals surface area contributed by atoms with Crippen molar-refractivity contribution in [2.45, 2.75) is 19.1 Å². The van der Waals surface area contributed by atoms with Gasteiger partial charge in [-0.2, -0.15) is 0 Å². The lowest BCUT2D eigenvalue weighted by atomic mass is 10.2. The second kappa shape index (κ2) is 7.64. The summed E-state index contributed by atoms with van der Waals surface area (Å²) in [5, 5.41) is 15.9. The van der Waals surface area contributed by atoms with Gasteiger partial charge in [-0.05, 0) is 36.6 Å². The zero-order chi connectivity index (χ0) is 14.4. The smallest absolute Gasteiger partial charge is 0.120 e. The van der Waals surface area contributed by atoms with Crippen LogP contribution >= 0.6 is 22.9 Å². The van der Waals surface area contributed by atoms with Crippen molar-refractivity contribution in [3.05, 3.63) is 51.7 Å². The van der Waals surface area contributed by atoms with Crippen LogP contribution in [0, 0.1) is 0 Å². The number of ether oxygens (including phenoxy) is 1. The Morgan fingerprint density at radius 2 is 2.20 bits per heavy atom. The quantitative estimate of drug-likeness (QED) is 0.822. The maximum Gasteiger partial charge on any atom is 0.120 e. The molecule has 0 spiro atoms. The summed E-state index contributed by atoms with van der Waals surface area (Å²) in [5.41, 5.74) is 0. The minimum Gasteiger partial charge on any atom is -0.491 e. The van der Waals surface area contributed by atoms with E-state index in [1.807, 2.05) is 23.6 Å². The van der Waals surface area contributed by atoms with Gasteiger partial charge in [0.05, 0.1) is 0 Å². The van der Waals surface area contributed by atoms with Crippen molar-refractivity contribution in [2.24, 2.45) is 0 Å². The molecule has 0 amide bonds. The molecule has 3 nitrogen and oxygen atoms in total. The van der Waals surface area contributed by atoms with E-state index in [4.69, 9.17) is 16.3 Å². The number of benzene rings is 1. The van der Waals surface area contributed by atoms with Crippen molar-refractivity contribution >= 4 is 22.9 Å². The van der Waals surface area contributed by atoms with Gasteiger partial charge in [0, 0.05) is 22.5 Å². The minimum atomic E-state index is -0.559. The molecule has 2 rings (SSSR count). The van der Waals surface area contributed by atoms with E-state index in [9.17, 15) is 5.11 Å². The lowest BCUT2D eigenvalue weighted by Gasteiger charge is -2.16. The number of aliphatic hydroxyl groups is 1. The SMILES string of the molecule is CC(NCC(O)COc1cccc(Cl)c1)c1cccs1. The monoisotopic (exact) mass is 311 g/mol. The third-order valence-corrected chi connectivity index (χ3v) is 4.16. The number of halogens is 1. The van der Waals surface area contributed by atoms with E-state index in [-0.39, 0.29) is 12.6 Å². The van der Waals surface area contributed by atoms with E-state index >= 15 is 0 Å². The van der Waals surface area contributed by atoms with Crippen LogP contribution in [0.3, 0.4) is 0 Å². The van der Waals surface area contributed by atoms with Gasteiger partial charge in [0.2, 0.25) is 0 Å². The van der Waals surface area contributed by atoms with Crippen molar-refractivity contribution in [3.63, 3.8) is 0 Å². The highest BCUT2D eigenvalue weighted by Crippen LogP contribution is 2.18. The molecule has 1 aromatic carbocycles. The highest BCUT2D eigenvalue weighted by molar-refractivity contribution is 7.10. The predicted octanol–water partition coefficient (Wildman–Crippen LogP) is 3.49. The Morgan fingerprint density at radius 1 is 1.35 bits per heavy atom. The number of rotatable bonds is 7. The van der Waals surface area contributed by atoms with Crippen LogP contribution in [0.1, 0.15) is 17.8 Å². The molecule has 0 radical (unpaired) electrons. The van der Waals surface area contributed by atoms with Crippen molar-refractivity contribution in [2.75, 3.05) is 13.2 Å². The first kappa shape index (κ1) is 15.3. The van der Waals surface area contributed by atoms with Crippen LogP contribution in [0.15, 0.2) is 41.8 Å². The second-order valence-corrected chi connectivity index (χ2v) is 5.98. The molecule has 5 heteroatoms. The molecule has 2 unspecified atom stereocenters. The molecule has 0 saturated heterocycles. The van der Waals surface area contributed by atoms with Crippen molar-refractivity contribution in [3.8, 4) is 5.75 Å². The molecule has 0 aliphatic rings. The van der Waals surface area contributed by atoms with E-state index in [1.165, 1.54) is 4.88 Å². The summed E-state index contributed by atoms with van der Waals surface area (Å²) in [4.78, 5) is 1.26. The molecule has 2 atom stereocenters. The molecule has 0 aliphatic heterocycles. The molecule has 2 N–H and O–H groups in total. The van der Waals surface area contributed by atoms with E-state index in [0.717, 1.165) is 0 Å². The molecule has 0 saturated carbocycles. The molecule has 0 bridgehead atoms. The summed E-state index contributed by atoms with van der Waals surface area (Å²) in [5.74, 6) is 0.669. The normalized spacial score (nSPS) is 13.9. The summed E-state index contributed by atoms with van der Waals surface area (Å²) in [6.07, 6.45) is -0.559. The Labute approximate surface area is 128 Å². The van der Waals surface area contributed by atoms with Crippen LogP contribution in [0.2, 0.25) is 5.02 Å². The van der Waals surface area contributed by atoms with Gasteiger partial charge in [-0.1, -0.05) is 23.7 Å². The van der Waals surface area contributed by atoms with Crippen LogP contribution in [0.4, 0.5) is 0 Å². The average molecular weight is 312 g/mol. The topological polar surface area (TPSA) is 41.5 Å². The molecule has 1 heterocycles. The van der Waals surface area contributed by atoms with Crippen molar-refractivity contribution < 1.29 is 9.84 Å². The summed E-state index contributed by atoms with van der Waals surface area (Å²) < 4.78 is 5.50. The first-order valence-corrected chi connectivity index (χ1v) is 7.74. The van der Waals surface area contributed by atoms with Gasteiger partial charge in [0.25, 0.3) is 0 Å². The summed E-state index contributed by atoms with van der Waals surface area (Å²) in [6.45, 7) is 2.81. The van der Waals surface area contributed by atoms with E-state index < -0.39 is 6.10 Å². The molecule has 1 aromatic heterocycles. The Morgan fingerprint density at radius 3 is 2.90 bits per heavy atom. The molecule has 2 aromatic rings. The van der Waals surface area contributed by atoms with Crippen LogP contribution in [-0.2, 0) is 0 Å². The largest absolute Gasteiger partial charge is 0.491 e. The van der Waals surface area contributed by atoms with Crippen molar-refractivity contribution in [1.82, 2.24) is 5.32 Å². The van der Waals surface area contributed by atoms with E-state index in [2.05, 4.69) is 18.3 Å². The van der Waals surface area contributed by atoms with Gasteiger partial charge in [0.15, 0.2) is 0 Å². The Kier molecular flexibility index (Phi) is 5.86. The maximum absolute atomic E-state index is 9.91. The zero-order valence-corrected chi connectivity index (χ0v) is 12.8. The number of hydrogen-bond donors (Lipinski definition) is 2. The minimum absolute atomic E-state index is 0.232. The van der Waals surface area contributed by atoms with Gasteiger partial charge in [-0.25, -0.2) is 0 Å². The van der Waals surface area contributed by atoms with Crippen LogP contribution in [-0.4, -0.2) is 24.4 Å². The fourth-order valence-corrected chi connectivity index (χ4v) is 2.70. The fourth-order valence-electron chi connectivity index (χ4n) is 1.76. The second-order valence-electron chi connectivity index (χ2n) is 4.57. The number of hydrogen-bond acceptors (Lipinski definition) is 4. The summed E-state index contributed by atoms with van der Waals surface area (Å²) in [7, 11) is 0. The Hall–Kier alpha value is -1.07. The maximum atomic E-state index is 9.91. The standard InChI is InChI=1S/C15H18ClNO2S/c1-11(15-6-3-7-20-15)17-9-13(18)10-19-14-5-2-4-12(16)8-14/h2-8,11,13,17-18H,9-10H2,1H3. The first-order valence-electron chi connectivity index (χ1n) is 6.48. The fraction of sp³-hybridized carbons (Fsp3) is 0.333. The third kappa shape index (κ3) is 4.80. The van der Waals surface area contributed by atoms with Crippen molar-refractivity contribution in [1.29, 1.82) is 0 Å². The molecule has 0 aliphatic carbocycles. The molecule has 108 valence electrons. The first-order chi connectivity index (χ1) is 9.65. The Bertz CT molecular complexity index is 518. The van der Waals surface area contributed by atoms with Crippen LogP contribution < -0.4 is 10.1 Å². The van der Waals surface area contributed by atoms with Crippen LogP contribution in [0.25, 0.3) is 0 Å². The predicted molar refractivity (Wildman–Crippen MR) is 83.7 cm³/mol.